The molecule has 0 aromatic heterocycles. The minimum atomic E-state index is -0.807. The predicted octanol–water partition coefficient (Wildman–Crippen LogP) is 7.40. The van der Waals surface area contributed by atoms with Crippen molar-refractivity contribution in [1.29, 1.82) is 0 Å². The Morgan fingerprint density at radius 3 is 2.29 bits per heavy atom. The van der Waals surface area contributed by atoms with Crippen molar-refractivity contribution in [3.8, 4) is 0 Å². The number of carbonyl (C=O) groups is 2. The van der Waals surface area contributed by atoms with Crippen LogP contribution in [0, 0.1) is 28.4 Å². The molecule has 2 heterocycles. The quantitative estimate of drug-likeness (QED) is 0.318. The number of nitrogens with one attached hydrogen (secondary N) is 1. The maximum Gasteiger partial charge on any atom is 0.275 e. The van der Waals surface area contributed by atoms with Gasteiger partial charge < -0.3 is 10.2 Å². The molecule has 2 amide bonds. The first-order valence-electron chi connectivity index (χ1n) is 16.0. The van der Waals surface area contributed by atoms with E-state index in [9.17, 15) is 18.4 Å². The van der Waals surface area contributed by atoms with Gasteiger partial charge in [0.2, 0.25) is 0 Å². The highest BCUT2D eigenvalue weighted by Gasteiger charge is 2.53. The van der Waals surface area contributed by atoms with Crippen molar-refractivity contribution in [1.82, 2.24) is 10.2 Å². The van der Waals surface area contributed by atoms with Crippen LogP contribution < -0.4 is 5.32 Å². The molecule has 2 aromatic carbocycles. The summed E-state index contributed by atoms with van der Waals surface area (Å²) in [5.41, 5.74) is 1.25. The lowest BCUT2D eigenvalue weighted by Gasteiger charge is -2.47. The van der Waals surface area contributed by atoms with Crippen molar-refractivity contribution in [3.63, 3.8) is 0 Å². The molecule has 2 aromatic rings. The normalized spacial score (nSPS) is 24.5. The van der Waals surface area contributed by atoms with E-state index in [1.54, 1.807) is 12.1 Å². The van der Waals surface area contributed by atoms with Gasteiger partial charge in [0.25, 0.3) is 11.8 Å². The second-order valence-electron chi connectivity index (χ2n) is 14.5. The standard InChI is InChI=1S/C35H42F2N6O2/c1-33(2,3)25-9-13-35(14-10-25)41-30(24-17-26(36)19-27(37)18-24)32(45)43(35)28(11-12-34(4)15-16-34)22-5-7-23(8-6-22)31(44)38-20-29-39-21-40-42-29/h5-8,17-19,25,28H,9-16,20-21H2,1-4H3,(H,38,44)/t25?,28-,35?/m1/s1. The predicted molar refractivity (Wildman–Crippen MR) is 169 cm³/mol. The van der Waals surface area contributed by atoms with Crippen LogP contribution in [0.3, 0.4) is 0 Å². The average Bonchev–Trinajstić information content (AvgIpc) is 3.38. The summed E-state index contributed by atoms with van der Waals surface area (Å²) in [5.74, 6) is -1.06. The van der Waals surface area contributed by atoms with Crippen molar-refractivity contribution in [2.24, 2.45) is 37.0 Å². The summed E-state index contributed by atoms with van der Waals surface area (Å²) in [6.07, 6.45) is 7.12. The zero-order chi connectivity index (χ0) is 32.0. The Morgan fingerprint density at radius 1 is 1.04 bits per heavy atom. The number of hydrogen-bond acceptors (Lipinski definition) is 6. The van der Waals surface area contributed by atoms with Crippen molar-refractivity contribution in [3.05, 3.63) is 70.8 Å². The minimum absolute atomic E-state index is 0.119. The van der Waals surface area contributed by atoms with Gasteiger partial charge in [-0.15, -0.1) is 5.11 Å². The largest absolute Gasteiger partial charge is 0.345 e. The van der Waals surface area contributed by atoms with E-state index < -0.39 is 17.3 Å². The van der Waals surface area contributed by atoms with E-state index in [1.807, 2.05) is 17.0 Å². The molecule has 2 saturated carbocycles. The van der Waals surface area contributed by atoms with Crippen LogP contribution in [0.1, 0.15) is 107 Å². The van der Waals surface area contributed by atoms with Crippen molar-refractivity contribution >= 4 is 23.4 Å². The number of azo groups is 1. The number of nitrogens with zero attached hydrogens (tertiary/aromatic N) is 5. The lowest BCUT2D eigenvalue weighted by atomic mass is 9.69. The fraction of sp³-hybridized carbons (Fsp3) is 0.543. The first-order chi connectivity index (χ1) is 21.4. The molecule has 0 saturated heterocycles. The van der Waals surface area contributed by atoms with Gasteiger partial charge >= 0.3 is 0 Å². The average molecular weight is 617 g/mol. The summed E-state index contributed by atoms with van der Waals surface area (Å²) < 4.78 is 28.8. The van der Waals surface area contributed by atoms with E-state index in [2.05, 4.69) is 48.2 Å². The van der Waals surface area contributed by atoms with Crippen LogP contribution in [-0.2, 0) is 4.79 Å². The monoisotopic (exact) mass is 616 g/mol. The van der Waals surface area contributed by atoms with Gasteiger partial charge in [-0.2, -0.15) is 5.11 Å². The summed E-state index contributed by atoms with van der Waals surface area (Å²) in [7, 11) is 0. The number of hydrogen-bond donors (Lipinski definition) is 1. The number of carbonyl (C=O) groups excluding carboxylic acids is 2. The molecule has 6 rings (SSSR count). The van der Waals surface area contributed by atoms with Crippen LogP contribution in [0.2, 0.25) is 0 Å². The Labute approximate surface area is 263 Å². The van der Waals surface area contributed by atoms with E-state index >= 15 is 0 Å². The van der Waals surface area contributed by atoms with Gasteiger partial charge in [-0.1, -0.05) is 39.8 Å². The maximum atomic E-state index is 14.5. The van der Waals surface area contributed by atoms with Crippen molar-refractivity contribution < 1.29 is 18.4 Å². The smallest absolute Gasteiger partial charge is 0.275 e. The molecule has 10 heteroatoms. The van der Waals surface area contributed by atoms with Gasteiger partial charge in [0.1, 0.15) is 23.0 Å². The lowest BCUT2D eigenvalue weighted by molar-refractivity contribution is -0.134. The number of rotatable bonds is 9. The number of aliphatic imine (C=N–C) groups is 2. The Kier molecular flexibility index (Phi) is 8.20. The first kappa shape index (κ1) is 31.2. The van der Waals surface area contributed by atoms with Crippen LogP contribution in [0.4, 0.5) is 8.78 Å². The second kappa shape index (κ2) is 11.8. The highest BCUT2D eigenvalue weighted by Crippen LogP contribution is 2.53. The molecule has 2 aliphatic heterocycles. The molecule has 0 radical (unpaired) electrons. The fourth-order valence-electron chi connectivity index (χ4n) is 7.08. The molecule has 8 nitrogen and oxygen atoms in total. The minimum Gasteiger partial charge on any atom is -0.345 e. The van der Waals surface area contributed by atoms with Crippen molar-refractivity contribution in [2.45, 2.75) is 90.8 Å². The topological polar surface area (TPSA) is 98.9 Å². The Balaban J connectivity index is 1.34. The van der Waals surface area contributed by atoms with Gasteiger partial charge in [0, 0.05) is 17.2 Å². The lowest BCUT2D eigenvalue weighted by Crippen LogP contribution is -2.51. The molecule has 238 valence electrons. The third kappa shape index (κ3) is 6.60. The summed E-state index contributed by atoms with van der Waals surface area (Å²) in [5, 5.41) is 10.5. The third-order valence-electron chi connectivity index (χ3n) is 10.2. The zero-order valence-corrected chi connectivity index (χ0v) is 26.6. The van der Waals surface area contributed by atoms with Crippen LogP contribution in [0.15, 0.2) is 62.7 Å². The summed E-state index contributed by atoms with van der Waals surface area (Å²) in [6.45, 7) is 9.51. The Bertz CT molecular complexity index is 1540. The van der Waals surface area contributed by atoms with Crippen molar-refractivity contribution in [2.75, 3.05) is 13.2 Å². The third-order valence-corrected chi connectivity index (χ3v) is 10.2. The van der Waals surface area contributed by atoms with Crippen LogP contribution >= 0.6 is 0 Å². The van der Waals surface area contributed by atoms with E-state index in [1.165, 1.54) is 12.1 Å². The molecular weight excluding hydrogens is 574 g/mol. The maximum absolute atomic E-state index is 14.5. The molecule has 45 heavy (non-hydrogen) atoms. The number of amidine groups is 1. The van der Waals surface area contributed by atoms with E-state index in [4.69, 9.17) is 4.99 Å². The van der Waals surface area contributed by atoms with Gasteiger partial charge in [-0.25, -0.2) is 13.8 Å². The molecular formula is C35H42F2N6O2. The van der Waals surface area contributed by atoms with Crippen LogP contribution in [0.5, 0.6) is 0 Å². The number of halogens is 2. The second-order valence-corrected chi connectivity index (χ2v) is 14.5. The van der Waals surface area contributed by atoms with Gasteiger partial charge in [-0.3, -0.25) is 14.6 Å². The molecule has 4 aliphatic rings. The van der Waals surface area contributed by atoms with Gasteiger partial charge in [0.05, 0.1) is 12.6 Å². The van der Waals surface area contributed by atoms with E-state index in [-0.39, 0.29) is 53.2 Å². The van der Waals surface area contributed by atoms with E-state index in [0.29, 0.717) is 30.2 Å². The molecule has 2 aliphatic carbocycles. The first-order valence-corrected chi connectivity index (χ1v) is 16.0. The highest BCUT2D eigenvalue weighted by atomic mass is 19.1. The van der Waals surface area contributed by atoms with Crippen LogP contribution in [-0.4, -0.2) is 47.1 Å². The fourth-order valence-corrected chi connectivity index (χ4v) is 7.08. The van der Waals surface area contributed by atoms with Gasteiger partial charge in [0.15, 0.2) is 12.5 Å². The van der Waals surface area contributed by atoms with Gasteiger partial charge in [-0.05, 0) is 97.9 Å². The molecule has 0 unspecified atom stereocenters. The Morgan fingerprint density at radius 2 is 1.71 bits per heavy atom. The Hall–Kier alpha value is -3.82. The molecule has 1 atom stereocenters. The molecule has 0 bridgehead atoms. The van der Waals surface area contributed by atoms with E-state index in [0.717, 1.165) is 50.2 Å². The zero-order valence-electron chi connectivity index (χ0n) is 26.6. The van der Waals surface area contributed by atoms with Crippen LogP contribution in [0.25, 0.3) is 0 Å². The summed E-state index contributed by atoms with van der Waals surface area (Å²) >= 11 is 0. The molecule has 1 spiro atoms. The summed E-state index contributed by atoms with van der Waals surface area (Å²) in [4.78, 5) is 38.5. The molecule has 1 N–H and O–H groups in total. The number of amides is 2. The molecule has 2 fully saturated rings. The number of benzene rings is 2. The summed E-state index contributed by atoms with van der Waals surface area (Å²) in [6, 6.07) is 10.3. The highest BCUT2D eigenvalue weighted by molar-refractivity contribution is 6.46. The SMILES string of the molecule is CC1(CC[C@H](c2ccc(C(=O)NCC3=NCN=N3)cc2)N2C(=O)C(c3cc(F)cc(F)c3)=NC23CCC(C(C)(C)C)CC3)CC1.